The van der Waals surface area contributed by atoms with E-state index in [4.69, 9.17) is 9.47 Å². The summed E-state index contributed by atoms with van der Waals surface area (Å²) in [7, 11) is 3.39. The van der Waals surface area contributed by atoms with Crippen LogP contribution >= 0.6 is 12.4 Å². The summed E-state index contributed by atoms with van der Waals surface area (Å²) in [6, 6.07) is 5.63. The average Bonchev–Trinajstić information content (AvgIpc) is 2.82. The highest BCUT2D eigenvalue weighted by Crippen LogP contribution is 2.31. The Kier molecular flexibility index (Phi) is 5.95. The number of nitrogens with one attached hydrogen (secondary N) is 1. The highest BCUT2D eigenvalue weighted by molar-refractivity contribution is 5.85. The number of ether oxygens (including phenoxy) is 2. The van der Waals surface area contributed by atoms with Gasteiger partial charge < -0.3 is 14.8 Å². The Hall–Kier alpha value is -0.970. The number of methoxy groups -OCH3 is 2. The van der Waals surface area contributed by atoms with E-state index in [2.05, 4.69) is 29.3 Å². The fourth-order valence-corrected chi connectivity index (χ4v) is 3.59. The van der Waals surface area contributed by atoms with E-state index in [1.54, 1.807) is 14.2 Å². The van der Waals surface area contributed by atoms with Crippen molar-refractivity contribution in [2.24, 2.45) is 0 Å². The Morgan fingerprint density at radius 2 is 1.77 bits per heavy atom. The molecule has 0 spiro atoms. The van der Waals surface area contributed by atoms with E-state index >= 15 is 0 Å². The number of benzene rings is 1. The standard InChI is InChI=1S/C17H26N2O2.ClH/c1-12-8-16(20-2)17(21-3)9-13(12)10-19-7-6-14-4-5-15(11-19)18-14;/h8-9,14-15,18H,4-7,10-11H2,1-3H3;1H. The fourth-order valence-electron chi connectivity index (χ4n) is 3.59. The topological polar surface area (TPSA) is 33.7 Å². The summed E-state index contributed by atoms with van der Waals surface area (Å²) in [5.41, 5.74) is 2.61. The number of fused-ring (bicyclic) bond motifs is 2. The number of hydrogen-bond acceptors (Lipinski definition) is 4. The van der Waals surface area contributed by atoms with Gasteiger partial charge in [0.2, 0.25) is 0 Å². The maximum atomic E-state index is 5.44. The minimum Gasteiger partial charge on any atom is -0.493 e. The Labute approximate surface area is 139 Å². The normalized spacial score (nSPS) is 24.5. The molecule has 1 aromatic rings. The van der Waals surface area contributed by atoms with E-state index in [1.165, 1.54) is 36.9 Å². The minimum absolute atomic E-state index is 0. The van der Waals surface area contributed by atoms with Crippen LogP contribution in [-0.2, 0) is 6.54 Å². The van der Waals surface area contributed by atoms with Crippen molar-refractivity contribution < 1.29 is 9.47 Å². The van der Waals surface area contributed by atoms with Crippen LogP contribution in [0.15, 0.2) is 12.1 Å². The number of aryl methyl sites for hydroxylation is 1. The second kappa shape index (κ2) is 7.53. The predicted octanol–water partition coefficient (Wildman–Crippen LogP) is 2.76. The Balaban J connectivity index is 0.00000176. The SMILES string of the molecule is COc1cc(C)c(CN2CCC3CCC(C2)N3)cc1OC.Cl. The van der Waals surface area contributed by atoms with Gasteiger partial charge in [-0.25, -0.2) is 0 Å². The Morgan fingerprint density at radius 3 is 2.50 bits per heavy atom. The van der Waals surface area contributed by atoms with Crippen LogP contribution in [0.2, 0.25) is 0 Å². The first kappa shape index (κ1) is 17.4. The van der Waals surface area contributed by atoms with E-state index in [0.717, 1.165) is 30.6 Å². The molecule has 2 aliphatic rings. The van der Waals surface area contributed by atoms with Crippen LogP contribution in [0.3, 0.4) is 0 Å². The molecule has 5 heteroatoms. The Bertz CT molecular complexity index is 510. The van der Waals surface area contributed by atoms with Crippen LogP contribution < -0.4 is 14.8 Å². The van der Waals surface area contributed by atoms with Gasteiger partial charge in [-0.2, -0.15) is 0 Å². The number of nitrogens with zero attached hydrogens (tertiary/aromatic N) is 1. The lowest BCUT2D eigenvalue weighted by molar-refractivity contribution is 0.250. The molecular weight excluding hydrogens is 300 g/mol. The van der Waals surface area contributed by atoms with Crippen molar-refractivity contribution in [3.8, 4) is 11.5 Å². The van der Waals surface area contributed by atoms with E-state index < -0.39 is 0 Å². The van der Waals surface area contributed by atoms with Crippen LogP contribution in [0, 0.1) is 6.92 Å². The molecule has 1 aromatic carbocycles. The van der Waals surface area contributed by atoms with Gasteiger partial charge in [0.25, 0.3) is 0 Å². The van der Waals surface area contributed by atoms with Crippen LogP contribution in [0.25, 0.3) is 0 Å². The number of likely N-dealkylation sites (tertiary alicyclic amines) is 1. The maximum Gasteiger partial charge on any atom is 0.161 e. The molecule has 2 aliphatic heterocycles. The first-order valence-corrected chi connectivity index (χ1v) is 7.89. The van der Waals surface area contributed by atoms with Crippen LogP contribution in [0.5, 0.6) is 11.5 Å². The molecule has 1 N–H and O–H groups in total. The third-order valence-electron chi connectivity index (χ3n) is 4.84. The number of halogens is 1. The second-order valence-corrected chi connectivity index (χ2v) is 6.30. The van der Waals surface area contributed by atoms with Crippen LogP contribution in [0.4, 0.5) is 0 Å². The molecule has 2 bridgehead atoms. The molecule has 4 nitrogen and oxygen atoms in total. The molecule has 2 fully saturated rings. The van der Waals surface area contributed by atoms with Crippen LogP contribution in [-0.4, -0.2) is 44.3 Å². The quantitative estimate of drug-likeness (QED) is 0.922. The molecule has 0 radical (unpaired) electrons. The molecule has 0 aliphatic carbocycles. The zero-order valence-electron chi connectivity index (χ0n) is 13.7. The van der Waals surface area contributed by atoms with Gasteiger partial charge in [-0.15, -0.1) is 12.4 Å². The monoisotopic (exact) mass is 326 g/mol. The molecule has 2 heterocycles. The molecule has 0 aromatic heterocycles. The summed E-state index contributed by atoms with van der Waals surface area (Å²) in [5.74, 6) is 1.64. The van der Waals surface area contributed by atoms with Crippen molar-refractivity contribution in [3.63, 3.8) is 0 Å². The van der Waals surface area contributed by atoms with Gasteiger partial charge in [0, 0.05) is 31.7 Å². The van der Waals surface area contributed by atoms with Gasteiger partial charge >= 0.3 is 0 Å². The summed E-state index contributed by atoms with van der Waals surface area (Å²) in [5, 5.41) is 3.74. The molecule has 0 saturated carbocycles. The lowest BCUT2D eigenvalue weighted by Gasteiger charge is -2.25. The molecule has 2 atom stereocenters. The lowest BCUT2D eigenvalue weighted by Crippen LogP contribution is -2.35. The molecular formula is C17H27ClN2O2. The number of rotatable bonds is 4. The summed E-state index contributed by atoms with van der Waals surface area (Å²) >= 11 is 0. The zero-order chi connectivity index (χ0) is 14.8. The van der Waals surface area contributed by atoms with Gasteiger partial charge in [0.1, 0.15) is 0 Å². The minimum atomic E-state index is 0. The zero-order valence-corrected chi connectivity index (χ0v) is 14.5. The summed E-state index contributed by atoms with van der Waals surface area (Å²) in [6.07, 6.45) is 3.95. The summed E-state index contributed by atoms with van der Waals surface area (Å²) < 4.78 is 10.8. The third-order valence-corrected chi connectivity index (χ3v) is 4.84. The lowest BCUT2D eigenvalue weighted by atomic mass is 10.0. The van der Waals surface area contributed by atoms with Crippen molar-refractivity contribution >= 4 is 12.4 Å². The van der Waals surface area contributed by atoms with E-state index in [0.29, 0.717) is 6.04 Å². The fraction of sp³-hybridized carbons (Fsp3) is 0.647. The molecule has 3 rings (SSSR count). The molecule has 124 valence electrons. The highest BCUT2D eigenvalue weighted by atomic mass is 35.5. The van der Waals surface area contributed by atoms with Gasteiger partial charge in [-0.1, -0.05) is 0 Å². The highest BCUT2D eigenvalue weighted by Gasteiger charge is 2.29. The largest absolute Gasteiger partial charge is 0.493 e. The smallest absolute Gasteiger partial charge is 0.161 e. The molecule has 2 saturated heterocycles. The maximum absolute atomic E-state index is 5.44. The van der Waals surface area contributed by atoms with E-state index in [-0.39, 0.29) is 12.4 Å². The third kappa shape index (κ3) is 3.67. The van der Waals surface area contributed by atoms with Crippen molar-refractivity contribution in [3.05, 3.63) is 23.3 Å². The first-order chi connectivity index (χ1) is 10.2. The molecule has 22 heavy (non-hydrogen) atoms. The van der Waals surface area contributed by atoms with Gasteiger partial charge in [-0.3, -0.25) is 4.90 Å². The van der Waals surface area contributed by atoms with Crippen molar-refractivity contribution in [2.75, 3.05) is 27.3 Å². The van der Waals surface area contributed by atoms with Gasteiger partial charge in [0.15, 0.2) is 11.5 Å². The van der Waals surface area contributed by atoms with Crippen LogP contribution in [0.1, 0.15) is 30.4 Å². The van der Waals surface area contributed by atoms with Crippen molar-refractivity contribution in [1.29, 1.82) is 0 Å². The summed E-state index contributed by atoms with van der Waals surface area (Å²) in [4.78, 5) is 2.57. The van der Waals surface area contributed by atoms with Gasteiger partial charge in [-0.05, 0) is 49.4 Å². The average molecular weight is 327 g/mol. The van der Waals surface area contributed by atoms with Crippen molar-refractivity contribution in [1.82, 2.24) is 10.2 Å². The molecule has 0 amide bonds. The molecule has 2 unspecified atom stereocenters. The van der Waals surface area contributed by atoms with Crippen molar-refractivity contribution in [2.45, 2.75) is 44.8 Å². The van der Waals surface area contributed by atoms with E-state index in [1.807, 2.05) is 0 Å². The second-order valence-electron chi connectivity index (χ2n) is 6.30. The number of hydrogen-bond donors (Lipinski definition) is 1. The first-order valence-electron chi connectivity index (χ1n) is 7.89. The van der Waals surface area contributed by atoms with Gasteiger partial charge in [0.05, 0.1) is 14.2 Å². The summed E-state index contributed by atoms with van der Waals surface area (Å²) in [6.45, 7) is 5.49. The van der Waals surface area contributed by atoms with E-state index in [9.17, 15) is 0 Å². The predicted molar refractivity (Wildman–Crippen MR) is 91.4 cm³/mol. The Morgan fingerprint density at radius 1 is 1.09 bits per heavy atom.